The van der Waals surface area contributed by atoms with Crippen molar-refractivity contribution in [3.8, 4) is 17.0 Å². The summed E-state index contributed by atoms with van der Waals surface area (Å²) in [5.74, 6) is 1.17. The van der Waals surface area contributed by atoms with Crippen molar-refractivity contribution >= 4 is 34.8 Å². The minimum atomic E-state index is -4.34. The average molecular weight is 551 g/mol. The van der Waals surface area contributed by atoms with Crippen LogP contribution in [0, 0.1) is 11.8 Å². The van der Waals surface area contributed by atoms with Gasteiger partial charge in [0, 0.05) is 30.4 Å². The van der Waals surface area contributed by atoms with Gasteiger partial charge >= 0.3 is 17.7 Å². The zero-order valence-corrected chi connectivity index (χ0v) is 21.9. The number of nitrogens with one attached hydrogen (secondary N) is 2. The Morgan fingerprint density at radius 2 is 1.89 bits per heavy atom. The molecule has 1 heterocycles. The summed E-state index contributed by atoms with van der Waals surface area (Å²) in [4.78, 5) is 12.9. The second-order valence-electron chi connectivity index (χ2n) is 8.61. The largest absolute Gasteiger partial charge is 0.496 e. The van der Waals surface area contributed by atoms with E-state index in [1.165, 1.54) is 32.1 Å². The summed E-state index contributed by atoms with van der Waals surface area (Å²) in [6.45, 7) is 3.98. The van der Waals surface area contributed by atoms with Crippen LogP contribution in [0.25, 0.3) is 11.3 Å². The molecule has 1 aliphatic rings. The van der Waals surface area contributed by atoms with Gasteiger partial charge in [-0.25, -0.2) is 0 Å². The van der Waals surface area contributed by atoms with Crippen LogP contribution in [-0.4, -0.2) is 50.5 Å². The molecule has 2 N–H and O–H groups in total. The van der Waals surface area contributed by atoms with Gasteiger partial charge in [0.2, 0.25) is 0 Å². The maximum Gasteiger partial charge on any atom is 0.405 e. The summed E-state index contributed by atoms with van der Waals surface area (Å²) in [5, 5.41) is 9.87. The average Bonchev–Trinajstić information content (AvgIpc) is 3.18. The van der Waals surface area contributed by atoms with E-state index in [1.807, 2.05) is 6.92 Å². The van der Waals surface area contributed by atoms with E-state index in [9.17, 15) is 18.0 Å². The number of anilines is 1. The molecular weight excluding hydrogens is 521 g/mol. The normalized spacial score (nSPS) is 17.5. The van der Waals surface area contributed by atoms with E-state index in [1.54, 1.807) is 10.7 Å². The van der Waals surface area contributed by atoms with Crippen molar-refractivity contribution in [2.24, 2.45) is 11.8 Å². The molecule has 2 aromatic rings. The maximum atomic E-state index is 12.9. The van der Waals surface area contributed by atoms with E-state index in [-0.39, 0.29) is 22.3 Å². The number of carbonyl (C=O) groups is 1. The predicted molar refractivity (Wildman–Crippen MR) is 132 cm³/mol. The fourth-order valence-corrected chi connectivity index (χ4v) is 4.45. The molecule has 8 nitrogen and oxygen atoms in total. The molecule has 200 valence electrons. The number of alkyl halides is 3. The van der Waals surface area contributed by atoms with Gasteiger partial charge in [0.05, 0.1) is 17.8 Å². The van der Waals surface area contributed by atoms with Gasteiger partial charge in [0.25, 0.3) is 5.91 Å². The predicted octanol–water partition coefficient (Wildman–Crippen LogP) is 5.09. The zero-order chi connectivity index (χ0) is 26.9. The second kappa shape index (κ2) is 13.6. The third-order valence-electron chi connectivity index (χ3n) is 6.05. The van der Waals surface area contributed by atoms with E-state index in [0.29, 0.717) is 36.0 Å². The Morgan fingerprint density at radius 1 is 1.25 bits per heavy atom. The highest BCUT2D eigenvalue weighted by Gasteiger charge is 2.28. The Balaban J connectivity index is 0.00000145. The molecule has 13 heteroatoms. The van der Waals surface area contributed by atoms with Crippen molar-refractivity contribution in [3.63, 3.8) is 0 Å². The maximum absolute atomic E-state index is 12.9. The van der Waals surface area contributed by atoms with Crippen LogP contribution in [0.3, 0.4) is 0 Å². The van der Waals surface area contributed by atoms with Crippen molar-refractivity contribution in [2.75, 3.05) is 25.5 Å². The highest BCUT2D eigenvalue weighted by atomic mass is 35.5. The first-order valence-corrected chi connectivity index (χ1v) is 12.5. The number of benzene rings is 1. The lowest BCUT2D eigenvalue weighted by Crippen LogP contribution is -2.31. The number of rotatable bonds is 8. The molecule has 1 saturated carbocycles. The van der Waals surface area contributed by atoms with Crippen molar-refractivity contribution < 1.29 is 31.1 Å². The van der Waals surface area contributed by atoms with Gasteiger partial charge in [0.1, 0.15) is 12.3 Å². The fourth-order valence-electron chi connectivity index (χ4n) is 4.12. The highest BCUT2D eigenvalue weighted by Crippen LogP contribution is 2.38. The molecule has 0 bridgehead atoms. The summed E-state index contributed by atoms with van der Waals surface area (Å²) in [6, 6.07) is 4.59. The molecule has 1 aliphatic carbocycles. The van der Waals surface area contributed by atoms with Gasteiger partial charge in [-0.3, -0.25) is 9.48 Å². The Labute approximate surface area is 216 Å². The number of aromatic nitrogens is 2. The molecule has 0 radical (unpaired) electrons. The molecular formula is C23H30ClF3N4O4S. The van der Waals surface area contributed by atoms with Crippen LogP contribution in [0.4, 0.5) is 18.9 Å². The molecule has 0 atom stereocenters. The van der Waals surface area contributed by atoms with E-state index in [4.69, 9.17) is 24.8 Å². The smallest absolute Gasteiger partial charge is 0.405 e. The quantitative estimate of drug-likeness (QED) is 0.474. The molecule has 1 fully saturated rings. The standard InChI is InChI=1S/C23H30ClF3N4O2.O2S/c1-4-31-21(17-10-9-16(11-18(17)33-3)29-13-23(25,26)27)19(24)20(30-31)22(32)28-12-15-7-5-14(2)6-8-15;1-3-2/h9-11,14-15,29H,4-8,12-13H2,1-3H3,(H,28,32);. The first-order valence-electron chi connectivity index (χ1n) is 11.5. The van der Waals surface area contributed by atoms with Gasteiger partial charge in [-0.2, -0.15) is 26.7 Å². The van der Waals surface area contributed by atoms with Gasteiger partial charge in [-0.05, 0) is 43.7 Å². The van der Waals surface area contributed by atoms with Crippen LogP contribution in [0.2, 0.25) is 5.02 Å². The number of methoxy groups -OCH3 is 1. The number of aryl methyl sites for hydroxylation is 1. The Hall–Kier alpha value is -2.60. The van der Waals surface area contributed by atoms with E-state index < -0.39 is 24.3 Å². The number of amides is 1. The van der Waals surface area contributed by atoms with Crippen molar-refractivity contribution in [2.45, 2.75) is 52.3 Å². The van der Waals surface area contributed by atoms with E-state index >= 15 is 0 Å². The first kappa shape index (κ1) is 29.6. The van der Waals surface area contributed by atoms with E-state index in [2.05, 4.69) is 22.7 Å². The summed E-state index contributed by atoms with van der Waals surface area (Å²) in [5.41, 5.74) is 1.40. The number of hydrogen-bond acceptors (Lipinski definition) is 6. The molecule has 36 heavy (non-hydrogen) atoms. The molecule has 0 spiro atoms. The van der Waals surface area contributed by atoms with Crippen LogP contribution >= 0.6 is 11.6 Å². The minimum Gasteiger partial charge on any atom is -0.496 e. The highest BCUT2D eigenvalue weighted by molar-refractivity contribution is 7.51. The number of hydrogen-bond donors (Lipinski definition) is 2. The minimum absolute atomic E-state index is 0.124. The monoisotopic (exact) mass is 550 g/mol. The van der Waals surface area contributed by atoms with Crippen LogP contribution in [0.1, 0.15) is 50.0 Å². The fraction of sp³-hybridized carbons (Fsp3) is 0.565. The Morgan fingerprint density at radius 3 is 2.44 bits per heavy atom. The molecule has 0 unspecified atom stereocenters. The van der Waals surface area contributed by atoms with E-state index in [0.717, 1.165) is 18.8 Å². The van der Waals surface area contributed by atoms with Crippen molar-refractivity contribution in [3.05, 3.63) is 28.9 Å². The first-order chi connectivity index (χ1) is 17.0. The summed E-state index contributed by atoms with van der Waals surface area (Å²) in [7, 11) is 1.42. The lowest BCUT2D eigenvalue weighted by atomic mass is 9.83. The van der Waals surface area contributed by atoms with Crippen LogP contribution < -0.4 is 15.4 Å². The lowest BCUT2D eigenvalue weighted by Gasteiger charge is -2.26. The Kier molecular flexibility index (Phi) is 11.2. The molecule has 1 aromatic heterocycles. The van der Waals surface area contributed by atoms with Gasteiger partial charge in [-0.1, -0.05) is 31.4 Å². The molecule has 3 rings (SSSR count). The molecule has 1 amide bonds. The Bertz CT molecular complexity index is 1070. The van der Waals surface area contributed by atoms with Gasteiger partial charge in [-0.15, -0.1) is 0 Å². The second-order valence-corrected chi connectivity index (χ2v) is 9.13. The third-order valence-corrected chi connectivity index (χ3v) is 6.40. The lowest BCUT2D eigenvalue weighted by molar-refractivity contribution is -0.115. The van der Waals surface area contributed by atoms with Crippen molar-refractivity contribution in [1.29, 1.82) is 0 Å². The molecule has 1 aromatic carbocycles. The third kappa shape index (κ3) is 8.22. The SMILES string of the molecule is CCn1nc(C(=O)NCC2CCC(C)CC2)c(Cl)c1-c1ccc(NCC(F)(F)F)cc1OC.O=S=O. The summed E-state index contributed by atoms with van der Waals surface area (Å²) >= 11 is 5.85. The summed E-state index contributed by atoms with van der Waals surface area (Å²) in [6.07, 6.45) is 0.187. The van der Waals surface area contributed by atoms with Gasteiger partial charge < -0.3 is 15.4 Å². The van der Waals surface area contributed by atoms with Crippen LogP contribution in [-0.2, 0) is 18.1 Å². The number of carbonyl (C=O) groups excluding carboxylic acids is 1. The number of halogens is 4. The summed E-state index contributed by atoms with van der Waals surface area (Å²) < 4.78 is 61.2. The van der Waals surface area contributed by atoms with Gasteiger partial charge in [0.15, 0.2) is 5.69 Å². The van der Waals surface area contributed by atoms with Crippen LogP contribution in [0.5, 0.6) is 5.75 Å². The zero-order valence-electron chi connectivity index (χ0n) is 20.3. The molecule has 0 aliphatic heterocycles. The topological polar surface area (TPSA) is 102 Å². The number of nitrogens with zero attached hydrogens (tertiary/aromatic N) is 2. The number of ether oxygens (including phenoxy) is 1. The van der Waals surface area contributed by atoms with Crippen LogP contribution in [0.15, 0.2) is 18.2 Å². The van der Waals surface area contributed by atoms with Crippen molar-refractivity contribution in [1.82, 2.24) is 15.1 Å². The molecule has 0 saturated heterocycles.